The Kier molecular flexibility index (Phi) is 4.20. The number of carbonyl (C=O) groups excluding carboxylic acids is 1. The van der Waals surface area contributed by atoms with Crippen LogP contribution in [0, 0.1) is 0 Å². The van der Waals surface area contributed by atoms with Crippen molar-refractivity contribution in [3.8, 4) is 0 Å². The summed E-state index contributed by atoms with van der Waals surface area (Å²) in [5, 5.41) is 6.77. The van der Waals surface area contributed by atoms with Gasteiger partial charge in [-0.15, -0.1) is 5.10 Å². The maximum Gasteiger partial charge on any atom is 0.248 e. The van der Waals surface area contributed by atoms with Crippen LogP contribution >= 0.6 is 15.9 Å². The fourth-order valence-corrected chi connectivity index (χ4v) is 1.96. The van der Waals surface area contributed by atoms with E-state index in [2.05, 4.69) is 31.3 Å². The van der Waals surface area contributed by atoms with Gasteiger partial charge in [0, 0.05) is 4.47 Å². The molecule has 0 saturated heterocycles. The lowest BCUT2D eigenvalue weighted by atomic mass is 10.1. The molecule has 2 aromatic rings. The summed E-state index contributed by atoms with van der Waals surface area (Å²) < 4.78 is 2.66. The predicted molar refractivity (Wildman–Crippen MR) is 80.2 cm³/mol. The van der Waals surface area contributed by atoms with Gasteiger partial charge >= 0.3 is 0 Å². The van der Waals surface area contributed by atoms with Gasteiger partial charge in [-0.25, -0.2) is 9.67 Å². The van der Waals surface area contributed by atoms with Gasteiger partial charge in [0.1, 0.15) is 6.33 Å². The minimum Gasteiger partial charge on any atom is -0.318 e. The van der Waals surface area contributed by atoms with Crippen molar-refractivity contribution in [2.24, 2.45) is 5.73 Å². The number of carbonyl (C=O) groups is 1. The summed E-state index contributed by atoms with van der Waals surface area (Å²) in [5.74, 6) is -0.0683. The Morgan fingerprint density at radius 3 is 2.90 bits per heavy atom. The van der Waals surface area contributed by atoms with E-state index in [9.17, 15) is 4.79 Å². The monoisotopic (exact) mass is 337 g/mol. The number of hydrogen-bond acceptors (Lipinski definition) is 4. The van der Waals surface area contributed by atoms with Crippen molar-refractivity contribution in [2.75, 3.05) is 5.32 Å². The van der Waals surface area contributed by atoms with Gasteiger partial charge < -0.3 is 5.73 Å². The van der Waals surface area contributed by atoms with Gasteiger partial charge in [0.15, 0.2) is 0 Å². The number of benzene rings is 1. The lowest BCUT2D eigenvalue weighted by molar-refractivity contribution is -0.120. The molecule has 0 unspecified atom stereocenters. The molecule has 0 radical (unpaired) electrons. The van der Waals surface area contributed by atoms with Crippen molar-refractivity contribution in [1.82, 2.24) is 14.8 Å². The van der Waals surface area contributed by atoms with E-state index in [0.717, 1.165) is 10.0 Å². The van der Waals surface area contributed by atoms with Crippen LogP contribution in [0.5, 0.6) is 0 Å². The van der Waals surface area contributed by atoms with Crippen LogP contribution in [-0.4, -0.2) is 26.2 Å². The second-order valence-electron chi connectivity index (χ2n) is 5.07. The smallest absolute Gasteiger partial charge is 0.248 e. The number of halogens is 1. The van der Waals surface area contributed by atoms with Crippen LogP contribution < -0.4 is 11.1 Å². The van der Waals surface area contributed by atoms with Crippen molar-refractivity contribution in [3.63, 3.8) is 0 Å². The quantitative estimate of drug-likeness (QED) is 0.890. The topological polar surface area (TPSA) is 85.8 Å². The molecule has 0 fully saturated rings. The number of hydrogen-bond donors (Lipinski definition) is 2. The van der Waals surface area contributed by atoms with Crippen molar-refractivity contribution in [2.45, 2.75) is 25.9 Å². The lowest BCUT2D eigenvalue weighted by Gasteiger charge is -2.15. The number of nitrogens with two attached hydrogens (primary N) is 1. The van der Waals surface area contributed by atoms with Gasteiger partial charge in [0.05, 0.1) is 12.1 Å². The Morgan fingerprint density at radius 2 is 2.25 bits per heavy atom. The normalized spacial score (nSPS) is 11.4. The van der Waals surface area contributed by atoms with Gasteiger partial charge in [0.2, 0.25) is 11.9 Å². The van der Waals surface area contributed by atoms with Gasteiger partial charge in [-0.2, -0.15) is 0 Å². The van der Waals surface area contributed by atoms with E-state index in [1.807, 2.05) is 24.3 Å². The second kappa shape index (κ2) is 5.72. The molecule has 0 saturated carbocycles. The second-order valence-corrected chi connectivity index (χ2v) is 5.99. The summed E-state index contributed by atoms with van der Waals surface area (Å²) in [4.78, 5) is 15.8. The Labute approximate surface area is 125 Å². The van der Waals surface area contributed by atoms with E-state index < -0.39 is 5.54 Å². The number of nitrogens with one attached hydrogen (secondary N) is 1. The lowest BCUT2D eigenvalue weighted by Crippen LogP contribution is -2.45. The highest BCUT2D eigenvalue weighted by molar-refractivity contribution is 9.10. The summed E-state index contributed by atoms with van der Waals surface area (Å²) in [6, 6.07) is 7.91. The minimum absolute atomic E-state index is 0.253. The average molecular weight is 338 g/mol. The molecule has 1 amide bonds. The van der Waals surface area contributed by atoms with Crippen molar-refractivity contribution in [3.05, 3.63) is 40.6 Å². The number of aromatic nitrogens is 3. The van der Waals surface area contributed by atoms with Crippen molar-refractivity contribution < 1.29 is 4.79 Å². The van der Waals surface area contributed by atoms with E-state index >= 15 is 0 Å². The summed E-state index contributed by atoms with van der Waals surface area (Å²) in [6.45, 7) is 3.83. The molecule has 0 aliphatic carbocycles. The van der Waals surface area contributed by atoms with E-state index in [1.165, 1.54) is 0 Å². The van der Waals surface area contributed by atoms with E-state index in [-0.39, 0.29) is 11.9 Å². The largest absolute Gasteiger partial charge is 0.318 e. The van der Waals surface area contributed by atoms with Crippen molar-refractivity contribution in [1.29, 1.82) is 0 Å². The SMILES string of the molecule is CC(C)(N)C(=O)Nc1ncn(Cc2cccc(Br)c2)n1. The van der Waals surface area contributed by atoms with Crippen LogP contribution in [-0.2, 0) is 11.3 Å². The molecule has 106 valence electrons. The third-order valence-electron chi connectivity index (χ3n) is 2.58. The van der Waals surface area contributed by atoms with Crippen LogP contribution in [0.3, 0.4) is 0 Å². The molecule has 0 atom stereocenters. The Bertz CT molecular complexity index is 617. The van der Waals surface area contributed by atoms with Crippen LogP contribution in [0.2, 0.25) is 0 Å². The molecule has 1 aromatic carbocycles. The zero-order valence-corrected chi connectivity index (χ0v) is 12.9. The molecule has 1 heterocycles. The molecule has 0 spiro atoms. The predicted octanol–water partition coefficient (Wildman–Crippen LogP) is 1.76. The molecule has 20 heavy (non-hydrogen) atoms. The van der Waals surface area contributed by atoms with Gasteiger partial charge in [-0.1, -0.05) is 28.1 Å². The van der Waals surface area contributed by atoms with Gasteiger partial charge in [-0.05, 0) is 31.5 Å². The maximum absolute atomic E-state index is 11.7. The molecule has 3 N–H and O–H groups in total. The van der Waals surface area contributed by atoms with Crippen molar-refractivity contribution >= 4 is 27.8 Å². The first kappa shape index (κ1) is 14.7. The van der Waals surface area contributed by atoms with Crippen LogP contribution in [0.4, 0.5) is 5.95 Å². The summed E-state index contributed by atoms with van der Waals surface area (Å²) in [7, 11) is 0. The average Bonchev–Trinajstić information content (AvgIpc) is 2.75. The van der Waals surface area contributed by atoms with Crippen LogP contribution in [0.15, 0.2) is 35.1 Å². The molecule has 0 bridgehead atoms. The molecular formula is C13H16BrN5O. The number of amides is 1. The first-order chi connectivity index (χ1) is 9.34. The Morgan fingerprint density at radius 1 is 1.50 bits per heavy atom. The molecule has 7 heteroatoms. The summed E-state index contributed by atoms with van der Waals surface area (Å²) >= 11 is 3.42. The third kappa shape index (κ3) is 3.88. The first-order valence-electron chi connectivity index (χ1n) is 6.09. The highest BCUT2D eigenvalue weighted by Gasteiger charge is 2.22. The molecule has 0 aliphatic rings. The van der Waals surface area contributed by atoms with Gasteiger partial charge in [-0.3, -0.25) is 10.1 Å². The highest BCUT2D eigenvalue weighted by Crippen LogP contribution is 2.12. The number of anilines is 1. The van der Waals surface area contributed by atoms with E-state index in [0.29, 0.717) is 6.54 Å². The van der Waals surface area contributed by atoms with Crippen LogP contribution in [0.1, 0.15) is 19.4 Å². The number of nitrogens with zero attached hydrogens (tertiary/aromatic N) is 3. The maximum atomic E-state index is 11.7. The van der Waals surface area contributed by atoms with Crippen LogP contribution in [0.25, 0.3) is 0 Å². The third-order valence-corrected chi connectivity index (χ3v) is 3.07. The molecule has 0 aliphatic heterocycles. The molecular weight excluding hydrogens is 322 g/mol. The first-order valence-corrected chi connectivity index (χ1v) is 6.88. The summed E-state index contributed by atoms with van der Waals surface area (Å²) in [6.07, 6.45) is 1.57. The highest BCUT2D eigenvalue weighted by atomic mass is 79.9. The summed E-state index contributed by atoms with van der Waals surface area (Å²) in [5.41, 5.74) is 5.82. The fraction of sp³-hybridized carbons (Fsp3) is 0.308. The number of rotatable bonds is 4. The zero-order chi connectivity index (χ0) is 14.8. The van der Waals surface area contributed by atoms with Gasteiger partial charge in [0.25, 0.3) is 0 Å². The standard InChI is InChI=1S/C13H16BrN5O/c1-13(2,15)11(20)17-12-16-8-19(18-12)7-9-4-3-5-10(14)6-9/h3-6,8H,7,15H2,1-2H3,(H,17,18,20). The molecule has 1 aromatic heterocycles. The molecule has 2 rings (SSSR count). The Balaban J connectivity index is 2.04. The Hall–Kier alpha value is -1.73. The minimum atomic E-state index is -0.963. The molecule has 6 nitrogen and oxygen atoms in total. The zero-order valence-electron chi connectivity index (χ0n) is 11.3. The van der Waals surface area contributed by atoms with E-state index in [4.69, 9.17) is 5.73 Å². The van der Waals surface area contributed by atoms with E-state index in [1.54, 1.807) is 24.9 Å². The fourth-order valence-electron chi connectivity index (χ4n) is 1.51.